The van der Waals surface area contributed by atoms with Crippen LogP contribution in [0, 0.1) is 0 Å². The molecule has 0 fully saturated rings. The van der Waals surface area contributed by atoms with Crippen LogP contribution in [-0.2, 0) is 4.74 Å². The zero-order chi connectivity index (χ0) is 12.7. The number of rotatable bonds is 6. The average molecular weight is 238 g/mol. The van der Waals surface area contributed by atoms with Gasteiger partial charge in [0.05, 0.1) is 12.8 Å². The number of hydrogen-bond donors (Lipinski definition) is 1. The highest BCUT2D eigenvalue weighted by Crippen LogP contribution is 2.10. The molecule has 0 spiro atoms. The zero-order valence-electron chi connectivity index (χ0n) is 11.1. The van der Waals surface area contributed by atoms with E-state index in [1.807, 2.05) is 12.1 Å². The van der Waals surface area contributed by atoms with Crippen molar-refractivity contribution in [3.05, 3.63) is 24.5 Å². The standard InChI is InChI=1S/C13H22N2O2/c1-13(2,3)15-9-12(10-16-4)17-11-6-5-7-14-8-11/h5-8,12,15H,9-10H2,1-4H3. The van der Waals surface area contributed by atoms with Crippen LogP contribution in [0.5, 0.6) is 5.75 Å². The lowest BCUT2D eigenvalue weighted by atomic mass is 10.1. The summed E-state index contributed by atoms with van der Waals surface area (Å²) in [4.78, 5) is 4.02. The van der Waals surface area contributed by atoms with E-state index in [0.717, 1.165) is 12.3 Å². The molecule has 0 saturated heterocycles. The van der Waals surface area contributed by atoms with Gasteiger partial charge in [-0.1, -0.05) is 0 Å². The molecule has 0 aliphatic heterocycles. The Balaban J connectivity index is 2.49. The van der Waals surface area contributed by atoms with Crippen molar-refractivity contribution in [2.24, 2.45) is 0 Å². The number of methoxy groups -OCH3 is 1. The summed E-state index contributed by atoms with van der Waals surface area (Å²) in [6.07, 6.45) is 3.43. The SMILES string of the molecule is COCC(CNC(C)(C)C)Oc1cccnc1. The van der Waals surface area contributed by atoms with Crippen molar-refractivity contribution in [1.82, 2.24) is 10.3 Å². The van der Waals surface area contributed by atoms with Gasteiger partial charge in [-0.25, -0.2) is 0 Å². The fourth-order valence-corrected chi connectivity index (χ4v) is 1.35. The van der Waals surface area contributed by atoms with E-state index in [4.69, 9.17) is 9.47 Å². The molecule has 1 unspecified atom stereocenters. The lowest BCUT2D eigenvalue weighted by Crippen LogP contribution is -2.44. The molecule has 1 N–H and O–H groups in total. The Bertz CT molecular complexity index is 309. The summed E-state index contributed by atoms with van der Waals surface area (Å²) in [5.74, 6) is 0.769. The van der Waals surface area contributed by atoms with Gasteiger partial charge in [-0.05, 0) is 32.9 Å². The average Bonchev–Trinajstić information content (AvgIpc) is 2.27. The first kappa shape index (κ1) is 13.9. The first-order valence-corrected chi connectivity index (χ1v) is 5.82. The summed E-state index contributed by atoms with van der Waals surface area (Å²) in [5, 5.41) is 3.40. The molecule has 0 aliphatic rings. The lowest BCUT2D eigenvalue weighted by molar-refractivity contribution is 0.0762. The normalized spacial score (nSPS) is 13.4. The van der Waals surface area contributed by atoms with Crippen LogP contribution in [0.15, 0.2) is 24.5 Å². The van der Waals surface area contributed by atoms with E-state index in [0.29, 0.717) is 6.61 Å². The molecular weight excluding hydrogens is 216 g/mol. The highest BCUT2D eigenvalue weighted by molar-refractivity contribution is 5.15. The maximum Gasteiger partial charge on any atom is 0.138 e. The van der Waals surface area contributed by atoms with Gasteiger partial charge < -0.3 is 14.8 Å². The Morgan fingerprint density at radius 2 is 2.18 bits per heavy atom. The van der Waals surface area contributed by atoms with Crippen molar-refractivity contribution in [3.8, 4) is 5.75 Å². The molecule has 0 amide bonds. The summed E-state index contributed by atoms with van der Waals surface area (Å²) >= 11 is 0. The summed E-state index contributed by atoms with van der Waals surface area (Å²) < 4.78 is 11.0. The Hall–Kier alpha value is -1.13. The monoisotopic (exact) mass is 238 g/mol. The van der Waals surface area contributed by atoms with Crippen molar-refractivity contribution >= 4 is 0 Å². The van der Waals surface area contributed by atoms with E-state index >= 15 is 0 Å². The van der Waals surface area contributed by atoms with Gasteiger partial charge in [-0.15, -0.1) is 0 Å². The highest BCUT2D eigenvalue weighted by Gasteiger charge is 2.15. The maximum atomic E-state index is 5.80. The number of pyridine rings is 1. The molecule has 1 atom stereocenters. The number of aromatic nitrogens is 1. The molecule has 0 radical (unpaired) electrons. The Morgan fingerprint density at radius 3 is 2.71 bits per heavy atom. The van der Waals surface area contributed by atoms with Crippen LogP contribution in [-0.4, -0.2) is 36.9 Å². The highest BCUT2D eigenvalue weighted by atomic mass is 16.5. The van der Waals surface area contributed by atoms with Crippen LogP contribution in [0.2, 0.25) is 0 Å². The van der Waals surface area contributed by atoms with E-state index in [-0.39, 0.29) is 11.6 Å². The second-order valence-corrected chi connectivity index (χ2v) is 5.01. The van der Waals surface area contributed by atoms with Gasteiger partial charge in [0.2, 0.25) is 0 Å². The predicted octanol–water partition coefficient (Wildman–Crippen LogP) is 1.86. The van der Waals surface area contributed by atoms with Gasteiger partial charge in [-0.3, -0.25) is 4.98 Å². The third-order valence-electron chi connectivity index (χ3n) is 2.15. The van der Waals surface area contributed by atoms with E-state index in [1.54, 1.807) is 19.5 Å². The minimum absolute atomic E-state index is 0.0107. The predicted molar refractivity (Wildman–Crippen MR) is 68.3 cm³/mol. The van der Waals surface area contributed by atoms with Gasteiger partial charge in [0.15, 0.2) is 0 Å². The molecule has 0 aromatic carbocycles. The number of nitrogens with one attached hydrogen (secondary N) is 1. The molecular formula is C13H22N2O2. The summed E-state index contributed by atoms with van der Waals surface area (Å²) in [5.41, 5.74) is 0.0737. The third kappa shape index (κ3) is 6.24. The van der Waals surface area contributed by atoms with E-state index in [9.17, 15) is 0 Å². The van der Waals surface area contributed by atoms with Gasteiger partial charge in [0.1, 0.15) is 11.9 Å². The second kappa shape index (κ2) is 6.57. The minimum Gasteiger partial charge on any atom is -0.485 e. The third-order valence-corrected chi connectivity index (χ3v) is 2.15. The molecule has 4 heteroatoms. The molecule has 0 bridgehead atoms. The molecule has 1 aromatic heterocycles. The minimum atomic E-state index is -0.0107. The Kier molecular flexibility index (Phi) is 5.38. The van der Waals surface area contributed by atoms with Gasteiger partial charge >= 0.3 is 0 Å². The summed E-state index contributed by atoms with van der Waals surface area (Å²) in [6.45, 7) is 7.67. The largest absolute Gasteiger partial charge is 0.485 e. The topological polar surface area (TPSA) is 43.4 Å². The van der Waals surface area contributed by atoms with E-state index in [2.05, 4.69) is 31.1 Å². The molecule has 0 aliphatic carbocycles. The van der Waals surface area contributed by atoms with Crippen molar-refractivity contribution < 1.29 is 9.47 Å². The zero-order valence-corrected chi connectivity index (χ0v) is 11.1. The van der Waals surface area contributed by atoms with E-state index in [1.165, 1.54) is 0 Å². The molecule has 1 rings (SSSR count). The quantitative estimate of drug-likeness (QED) is 0.821. The summed E-state index contributed by atoms with van der Waals surface area (Å²) in [7, 11) is 1.68. The molecule has 4 nitrogen and oxygen atoms in total. The van der Waals surface area contributed by atoms with Crippen LogP contribution < -0.4 is 10.1 Å². The fourth-order valence-electron chi connectivity index (χ4n) is 1.35. The van der Waals surface area contributed by atoms with E-state index < -0.39 is 0 Å². The van der Waals surface area contributed by atoms with Crippen molar-refractivity contribution in [2.75, 3.05) is 20.3 Å². The first-order valence-electron chi connectivity index (χ1n) is 5.82. The lowest BCUT2D eigenvalue weighted by Gasteiger charge is -2.25. The molecule has 17 heavy (non-hydrogen) atoms. The van der Waals surface area contributed by atoms with Crippen molar-refractivity contribution in [3.63, 3.8) is 0 Å². The van der Waals surface area contributed by atoms with Crippen LogP contribution in [0.3, 0.4) is 0 Å². The Labute approximate surface area is 103 Å². The fraction of sp³-hybridized carbons (Fsp3) is 0.615. The number of nitrogens with zero attached hydrogens (tertiary/aromatic N) is 1. The smallest absolute Gasteiger partial charge is 0.138 e. The van der Waals surface area contributed by atoms with Gasteiger partial charge in [0, 0.05) is 25.4 Å². The molecule has 0 saturated carbocycles. The number of hydrogen-bond acceptors (Lipinski definition) is 4. The van der Waals surface area contributed by atoms with Crippen LogP contribution in [0.1, 0.15) is 20.8 Å². The van der Waals surface area contributed by atoms with Crippen LogP contribution >= 0.6 is 0 Å². The maximum absolute atomic E-state index is 5.80. The van der Waals surface area contributed by atoms with Crippen LogP contribution in [0.25, 0.3) is 0 Å². The molecule has 1 heterocycles. The summed E-state index contributed by atoms with van der Waals surface area (Å²) in [6, 6.07) is 3.75. The second-order valence-electron chi connectivity index (χ2n) is 5.01. The number of ether oxygens (including phenoxy) is 2. The van der Waals surface area contributed by atoms with Crippen LogP contribution in [0.4, 0.5) is 0 Å². The molecule has 1 aromatic rings. The molecule has 96 valence electrons. The van der Waals surface area contributed by atoms with Crippen molar-refractivity contribution in [1.29, 1.82) is 0 Å². The first-order chi connectivity index (χ1) is 8.01. The van der Waals surface area contributed by atoms with Crippen molar-refractivity contribution in [2.45, 2.75) is 32.4 Å². The van der Waals surface area contributed by atoms with Gasteiger partial charge in [0.25, 0.3) is 0 Å². The van der Waals surface area contributed by atoms with Gasteiger partial charge in [-0.2, -0.15) is 0 Å². The Morgan fingerprint density at radius 1 is 1.41 bits per heavy atom.